The zero-order valence-corrected chi connectivity index (χ0v) is 6.85. The van der Waals surface area contributed by atoms with E-state index in [-0.39, 0.29) is 6.67 Å². The van der Waals surface area contributed by atoms with Crippen LogP contribution in [0.2, 0.25) is 0 Å². The highest BCUT2D eigenvalue weighted by atomic mass is 19.1. The van der Waals surface area contributed by atoms with Crippen LogP contribution in [0.4, 0.5) is 4.39 Å². The van der Waals surface area contributed by atoms with Crippen LogP contribution in [0.1, 0.15) is 6.42 Å². The zero-order valence-electron chi connectivity index (χ0n) is 6.85. The molecule has 1 unspecified atom stereocenters. The van der Waals surface area contributed by atoms with Crippen LogP contribution in [0, 0.1) is 0 Å². The van der Waals surface area contributed by atoms with Crippen LogP contribution in [0.5, 0.6) is 0 Å². The number of alkyl halides is 1. The number of ether oxygens (including phenoxy) is 1. The average Bonchev–Trinajstić information content (AvgIpc) is 1.99. The van der Waals surface area contributed by atoms with Crippen molar-refractivity contribution >= 4 is 0 Å². The van der Waals surface area contributed by atoms with Gasteiger partial charge in [-0.2, -0.15) is 0 Å². The van der Waals surface area contributed by atoms with Crippen molar-refractivity contribution in [2.24, 2.45) is 0 Å². The number of halogens is 1. The molecular weight excluding hydrogens is 149 g/mol. The second kappa shape index (κ2) is 7.91. The first-order valence-corrected chi connectivity index (χ1v) is 3.75. The molecule has 3 nitrogen and oxygen atoms in total. The van der Waals surface area contributed by atoms with Gasteiger partial charge in [0, 0.05) is 13.7 Å². The van der Waals surface area contributed by atoms with Crippen molar-refractivity contribution in [2.45, 2.75) is 12.5 Å². The number of aliphatic hydroxyl groups is 1. The van der Waals surface area contributed by atoms with E-state index in [2.05, 4.69) is 5.32 Å². The molecule has 0 rings (SSSR count). The second-order valence-electron chi connectivity index (χ2n) is 2.34. The van der Waals surface area contributed by atoms with Gasteiger partial charge in [-0.05, 0) is 13.0 Å². The van der Waals surface area contributed by atoms with E-state index >= 15 is 0 Å². The Labute approximate surface area is 66.6 Å². The van der Waals surface area contributed by atoms with E-state index in [4.69, 9.17) is 9.84 Å². The predicted molar refractivity (Wildman–Crippen MR) is 41.3 cm³/mol. The number of methoxy groups -OCH3 is 1. The van der Waals surface area contributed by atoms with Gasteiger partial charge in [-0.3, -0.25) is 0 Å². The van der Waals surface area contributed by atoms with Crippen molar-refractivity contribution in [1.82, 2.24) is 5.32 Å². The van der Waals surface area contributed by atoms with E-state index in [9.17, 15) is 4.39 Å². The van der Waals surface area contributed by atoms with Gasteiger partial charge < -0.3 is 15.2 Å². The Kier molecular flexibility index (Phi) is 7.78. The van der Waals surface area contributed by atoms with E-state index in [0.717, 1.165) is 0 Å². The third-order valence-electron chi connectivity index (χ3n) is 1.28. The van der Waals surface area contributed by atoms with Crippen molar-refractivity contribution in [3.63, 3.8) is 0 Å². The van der Waals surface area contributed by atoms with E-state index in [1.54, 1.807) is 0 Å². The lowest BCUT2D eigenvalue weighted by Crippen LogP contribution is -2.24. The molecule has 0 saturated carbocycles. The zero-order chi connectivity index (χ0) is 8.53. The fraction of sp³-hybridized carbons (Fsp3) is 1.00. The molecular formula is C7H16FNO2. The summed E-state index contributed by atoms with van der Waals surface area (Å²) in [5, 5.41) is 11.9. The van der Waals surface area contributed by atoms with E-state index < -0.39 is 6.10 Å². The Balaban J connectivity index is 2.97. The van der Waals surface area contributed by atoms with Crippen LogP contribution in [-0.4, -0.2) is 44.7 Å². The monoisotopic (exact) mass is 165 g/mol. The molecule has 0 bridgehead atoms. The lowest BCUT2D eigenvalue weighted by atomic mass is 10.3. The standard InChI is InChI=1S/C7H16FNO2/c1-11-6-7(10)2-4-9-5-3-8/h7,9-10H,2-6H2,1H3. The fourth-order valence-corrected chi connectivity index (χ4v) is 0.736. The summed E-state index contributed by atoms with van der Waals surface area (Å²) in [4.78, 5) is 0. The molecule has 0 aromatic heterocycles. The number of hydrogen-bond donors (Lipinski definition) is 2. The molecule has 2 N–H and O–H groups in total. The summed E-state index contributed by atoms with van der Waals surface area (Å²) in [7, 11) is 1.54. The minimum atomic E-state index is -0.438. The van der Waals surface area contributed by atoms with E-state index in [1.165, 1.54) is 7.11 Å². The minimum absolute atomic E-state index is 0.345. The average molecular weight is 165 g/mol. The molecule has 4 heteroatoms. The van der Waals surface area contributed by atoms with Gasteiger partial charge in [0.05, 0.1) is 12.7 Å². The molecule has 0 aromatic rings. The molecule has 68 valence electrons. The molecule has 0 saturated heterocycles. The summed E-state index contributed by atoms with van der Waals surface area (Å²) in [5.74, 6) is 0. The van der Waals surface area contributed by atoms with Crippen molar-refractivity contribution in [3.8, 4) is 0 Å². The van der Waals surface area contributed by atoms with Crippen LogP contribution >= 0.6 is 0 Å². The topological polar surface area (TPSA) is 41.5 Å². The van der Waals surface area contributed by atoms with Crippen LogP contribution < -0.4 is 5.32 Å². The van der Waals surface area contributed by atoms with Crippen molar-refractivity contribution in [3.05, 3.63) is 0 Å². The van der Waals surface area contributed by atoms with E-state index in [1.807, 2.05) is 0 Å². The van der Waals surface area contributed by atoms with Gasteiger partial charge in [0.25, 0.3) is 0 Å². The summed E-state index contributed by atoms with van der Waals surface area (Å²) in [6.45, 7) is 0.978. The van der Waals surface area contributed by atoms with Crippen molar-refractivity contribution < 1.29 is 14.2 Å². The van der Waals surface area contributed by atoms with Crippen LogP contribution in [0.15, 0.2) is 0 Å². The normalized spacial score (nSPS) is 13.4. The maximum Gasteiger partial charge on any atom is 0.102 e. The SMILES string of the molecule is COCC(O)CCNCCF. The molecule has 0 aliphatic heterocycles. The van der Waals surface area contributed by atoms with Crippen LogP contribution in [0.25, 0.3) is 0 Å². The number of rotatable bonds is 7. The number of aliphatic hydroxyl groups excluding tert-OH is 1. The van der Waals surface area contributed by atoms with Gasteiger partial charge in [-0.15, -0.1) is 0 Å². The predicted octanol–water partition coefficient (Wildman–Crippen LogP) is -0.0571. The third-order valence-corrected chi connectivity index (χ3v) is 1.28. The first-order valence-electron chi connectivity index (χ1n) is 3.75. The Morgan fingerprint density at radius 1 is 1.55 bits per heavy atom. The fourth-order valence-electron chi connectivity index (χ4n) is 0.736. The lowest BCUT2D eigenvalue weighted by Gasteiger charge is -2.08. The molecule has 0 aromatic carbocycles. The molecule has 1 atom stereocenters. The van der Waals surface area contributed by atoms with Gasteiger partial charge in [0.15, 0.2) is 0 Å². The Bertz CT molecular complexity index is 82.8. The minimum Gasteiger partial charge on any atom is -0.391 e. The molecule has 0 radical (unpaired) electrons. The summed E-state index contributed by atoms with van der Waals surface area (Å²) in [5.41, 5.74) is 0. The third kappa shape index (κ3) is 7.71. The molecule has 0 amide bonds. The highest BCUT2D eigenvalue weighted by Crippen LogP contribution is 1.89. The number of hydrogen-bond acceptors (Lipinski definition) is 3. The van der Waals surface area contributed by atoms with Gasteiger partial charge >= 0.3 is 0 Å². The summed E-state index contributed by atoms with van der Waals surface area (Å²) >= 11 is 0. The van der Waals surface area contributed by atoms with Crippen LogP contribution in [0.3, 0.4) is 0 Å². The summed E-state index contributed by atoms with van der Waals surface area (Å²) in [6, 6.07) is 0. The maximum absolute atomic E-state index is 11.5. The van der Waals surface area contributed by atoms with Gasteiger partial charge in [0.2, 0.25) is 0 Å². The van der Waals surface area contributed by atoms with Crippen molar-refractivity contribution in [2.75, 3.05) is 33.5 Å². The molecule has 0 aliphatic rings. The highest BCUT2D eigenvalue weighted by Gasteiger charge is 2.01. The number of nitrogens with one attached hydrogen (secondary N) is 1. The molecule has 0 fully saturated rings. The van der Waals surface area contributed by atoms with Gasteiger partial charge in [-0.1, -0.05) is 0 Å². The van der Waals surface area contributed by atoms with Gasteiger partial charge in [0.1, 0.15) is 6.67 Å². The first-order chi connectivity index (χ1) is 5.31. The summed E-state index contributed by atoms with van der Waals surface area (Å²) < 4.78 is 16.2. The lowest BCUT2D eigenvalue weighted by molar-refractivity contribution is 0.0594. The van der Waals surface area contributed by atoms with Crippen molar-refractivity contribution in [1.29, 1.82) is 0 Å². The molecule has 0 heterocycles. The molecule has 0 spiro atoms. The Morgan fingerprint density at radius 3 is 2.82 bits per heavy atom. The smallest absolute Gasteiger partial charge is 0.102 e. The van der Waals surface area contributed by atoms with Gasteiger partial charge in [-0.25, -0.2) is 4.39 Å². The highest BCUT2D eigenvalue weighted by molar-refractivity contribution is 4.55. The molecule has 0 aliphatic carbocycles. The summed E-state index contributed by atoms with van der Waals surface area (Å²) in [6.07, 6.45) is 0.167. The van der Waals surface area contributed by atoms with E-state index in [0.29, 0.717) is 26.1 Å². The largest absolute Gasteiger partial charge is 0.391 e. The maximum atomic E-state index is 11.5. The first kappa shape index (κ1) is 10.8. The van der Waals surface area contributed by atoms with Crippen LogP contribution in [-0.2, 0) is 4.74 Å². The Morgan fingerprint density at radius 2 is 2.27 bits per heavy atom. The second-order valence-corrected chi connectivity index (χ2v) is 2.34. The Hall–Kier alpha value is -0.190. The molecule has 11 heavy (non-hydrogen) atoms. The quantitative estimate of drug-likeness (QED) is 0.519.